The highest BCUT2D eigenvalue weighted by Crippen LogP contribution is 2.45. The van der Waals surface area contributed by atoms with Gasteiger partial charge in [-0.3, -0.25) is 0 Å². The van der Waals surface area contributed by atoms with Crippen LogP contribution in [0.2, 0.25) is 0 Å². The first-order valence-corrected chi connectivity index (χ1v) is 5.91. The Morgan fingerprint density at radius 1 is 1.14 bits per heavy atom. The maximum atomic E-state index is 12.2. The predicted molar refractivity (Wildman–Crippen MR) is 50.4 cm³/mol. The number of aromatic nitrogens is 2. The second-order valence-corrected chi connectivity index (χ2v) is 5.59. The Bertz CT molecular complexity index is 382. The van der Waals surface area contributed by atoms with Gasteiger partial charge >= 0.3 is 6.18 Å². The number of nitrogens with zero attached hydrogens (tertiary/aromatic N) is 2. The summed E-state index contributed by atoms with van der Waals surface area (Å²) in [6.07, 6.45) is -0.765. The molecule has 1 aliphatic rings. The van der Waals surface area contributed by atoms with Gasteiger partial charge in [-0.2, -0.15) is 24.1 Å². The van der Waals surface area contributed by atoms with Gasteiger partial charge in [0.25, 0.3) is 0 Å². The molecule has 1 aromatic rings. The van der Waals surface area contributed by atoms with E-state index in [4.69, 9.17) is 0 Å². The molecular weight excluding hydrogens is 233 g/mol. The molecule has 0 aliphatic carbocycles. The Kier molecular flexibility index (Phi) is 2.36. The van der Waals surface area contributed by atoms with Crippen LogP contribution in [0.1, 0.15) is 5.01 Å². The minimum absolute atomic E-state index is 0.442. The molecular formula is C7H5F3N2S2. The van der Waals surface area contributed by atoms with Gasteiger partial charge in [-0.1, -0.05) is 23.5 Å². The Labute approximate surface area is 84.5 Å². The van der Waals surface area contributed by atoms with Crippen molar-refractivity contribution in [2.45, 2.75) is 10.5 Å². The standard InChI is InChI=1S/C7H5F3N2S2/c8-7(9,10)5-11-12-6(13-5)14-3-1-2-4-14/h1-4,14H. The van der Waals surface area contributed by atoms with Crippen molar-refractivity contribution >= 4 is 22.2 Å². The van der Waals surface area contributed by atoms with Gasteiger partial charge < -0.3 is 0 Å². The van der Waals surface area contributed by atoms with E-state index >= 15 is 0 Å². The summed E-state index contributed by atoms with van der Waals surface area (Å²) >= 11 is 0.616. The Morgan fingerprint density at radius 2 is 1.79 bits per heavy atom. The second kappa shape index (κ2) is 3.39. The lowest BCUT2D eigenvalue weighted by atomic mass is 10.6. The van der Waals surface area contributed by atoms with E-state index in [1.807, 2.05) is 10.8 Å². The van der Waals surface area contributed by atoms with E-state index in [1.54, 1.807) is 12.2 Å². The fraction of sp³-hybridized carbons (Fsp3) is 0.143. The van der Waals surface area contributed by atoms with Crippen molar-refractivity contribution in [3.05, 3.63) is 28.0 Å². The molecule has 0 N–H and O–H groups in total. The first-order chi connectivity index (χ1) is 6.57. The van der Waals surface area contributed by atoms with Crippen LogP contribution in [0.15, 0.2) is 27.3 Å². The SMILES string of the molecule is FC(F)(F)c1nnc([SH]2C=CC=C2)s1. The van der Waals surface area contributed by atoms with Crippen LogP contribution >= 0.6 is 22.2 Å². The van der Waals surface area contributed by atoms with Crippen LogP contribution in [0.25, 0.3) is 0 Å². The van der Waals surface area contributed by atoms with Crippen molar-refractivity contribution in [3.63, 3.8) is 0 Å². The second-order valence-electron chi connectivity index (χ2n) is 2.48. The van der Waals surface area contributed by atoms with Gasteiger partial charge in [0.2, 0.25) is 5.01 Å². The Morgan fingerprint density at radius 3 is 2.29 bits per heavy atom. The fourth-order valence-electron chi connectivity index (χ4n) is 0.896. The van der Waals surface area contributed by atoms with Crippen molar-refractivity contribution in [2.75, 3.05) is 0 Å². The summed E-state index contributed by atoms with van der Waals surface area (Å²) in [5, 5.41) is 9.48. The van der Waals surface area contributed by atoms with Gasteiger partial charge in [-0.15, -0.1) is 10.2 Å². The number of allylic oxidation sites excluding steroid dienone is 2. The van der Waals surface area contributed by atoms with E-state index in [9.17, 15) is 13.2 Å². The molecule has 76 valence electrons. The lowest BCUT2D eigenvalue weighted by Gasteiger charge is -2.02. The molecule has 0 atom stereocenters. The minimum atomic E-state index is -4.38. The highest BCUT2D eigenvalue weighted by molar-refractivity contribution is 8.23. The molecule has 0 bridgehead atoms. The molecule has 0 saturated heterocycles. The third-order valence-electron chi connectivity index (χ3n) is 1.48. The summed E-state index contributed by atoms with van der Waals surface area (Å²) in [7, 11) is -0.783. The normalized spacial score (nSPS) is 18.1. The number of alkyl halides is 3. The van der Waals surface area contributed by atoms with Crippen LogP contribution in [-0.2, 0) is 6.18 Å². The molecule has 0 spiro atoms. The van der Waals surface area contributed by atoms with Crippen molar-refractivity contribution in [1.82, 2.24) is 10.2 Å². The average Bonchev–Trinajstić information content (AvgIpc) is 2.73. The van der Waals surface area contributed by atoms with Gasteiger partial charge in [-0.05, 0) is 10.8 Å². The van der Waals surface area contributed by atoms with Crippen LogP contribution in [0.5, 0.6) is 0 Å². The van der Waals surface area contributed by atoms with Crippen molar-refractivity contribution in [1.29, 1.82) is 0 Å². The first-order valence-electron chi connectivity index (χ1n) is 3.61. The predicted octanol–water partition coefficient (Wildman–Crippen LogP) is 2.96. The summed E-state index contributed by atoms with van der Waals surface area (Å²) < 4.78 is 36.9. The molecule has 14 heavy (non-hydrogen) atoms. The molecule has 0 aromatic carbocycles. The molecule has 1 aromatic heterocycles. The summed E-state index contributed by atoms with van der Waals surface area (Å²) in [4.78, 5) is 0. The van der Waals surface area contributed by atoms with Gasteiger partial charge in [0.1, 0.15) is 0 Å². The number of halogens is 3. The van der Waals surface area contributed by atoms with Gasteiger partial charge in [0.05, 0.1) is 0 Å². The smallest absolute Gasteiger partial charge is 0.164 e. The van der Waals surface area contributed by atoms with Crippen molar-refractivity contribution < 1.29 is 13.2 Å². The Hall–Kier alpha value is -0.820. The molecule has 0 radical (unpaired) electrons. The summed E-state index contributed by atoms with van der Waals surface area (Å²) in [6.45, 7) is 0. The summed E-state index contributed by atoms with van der Waals surface area (Å²) in [5.41, 5.74) is 0. The van der Waals surface area contributed by atoms with Gasteiger partial charge in [-0.25, -0.2) is 0 Å². The van der Waals surface area contributed by atoms with Crippen molar-refractivity contribution in [3.8, 4) is 0 Å². The van der Waals surface area contributed by atoms with E-state index in [0.717, 1.165) is 0 Å². The Balaban J connectivity index is 2.26. The molecule has 7 heteroatoms. The fourth-order valence-corrected chi connectivity index (χ4v) is 3.47. The van der Waals surface area contributed by atoms with Crippen LogP contribution in [0.4, 0.5) is 13.2 Å². The quantitative estimate of drug-likeness (QED) is 0.761. The van der Waals surface area contributed by atoms with Crippen LogP contribution in [0.3, 0.4) is 0 Å². The van der Waals surface area contributed by atoms with E-state index < -0.39 is 22.1 Å². The van der Waals surface area contributed by atoms with Gasteiger partial charge in [0, 0.05) is 0 Å². The zero-order valence-electron chi connectivity index (χ0n) is 6.69. The van der Waals surface area contributed by atoms with E-state index in [-0.39, 0.29) is 0 Å². The maximum absolute atomic E-state index is 12.2. The number of rotatable bonds is 1. The zero-order valence-corrected chi connectivity index (χ0v) is 8.40. The van der Waals surface area contributed by atoms with E-state index in [1.165, 1.54) is 0 Å². The molecule has 2 rings (SSSR count). The molecule has 2 nitrogen and oxygen atoms in total. The molecule has 0 fully saturated rings. The third kappa shape index (κ3) is 1.83. The van der Waals surface area contributed by atoms with Gasteiger partial charge in [0.15, 0.2) is 4.34 Å². The number of thiol groups is 1. The summed E-state index contributed by atoms with van der Waals surface area (Å²) in [6, 6.07) is 0. The zero-order chi connectivity index (χ0) is 10.2. The molecule has 1 aliphatic heterocycles. The lowest BCUT2D eigenvalue weighted by Crippen LogP contribution is -2.03. The lowest BCUT2D eigenvalue weighted by molar-refractivity contribution is -0.138. The highest BCUT2D eigenvalue weighted by atomic mass is 32.2. The van der Waals surface area contributed by atoms with Crippen molar-refractivity contribution in [2.24, 2.45) is 0 Å². The topological polar surface area (TPSA) is 25.8 Å². The average molecular weight is 238 g/mol. The number of hydrogen-bond acceptors (Lipinski definition) is 3. The summed E-state index contributed by atoms with van der Waals surface area (Å²) in [5.74, 6) is 0. The molecule has 2 heterocycles. The third-order valence-corrected chi connectivity index (χ3v) is 4.68. The minimum Gasteiger partial charge on any atom is -0.164 e. The van der Waals surface area contributed by atoms with E-state index in [2.05, 4.69) is 10.2 Å². The van der Waals surface area contributed by atoms with Crippen LogP contribution in [0, 0.1) is 0 Å². The maximum Gasteiger partial charge on any atom is 0.445 e. The molecule has 0 amide bonds. The largest absolute Gasteiger partial charge is 0.445 e. The van der Waals surface area contributed by atoms with Crippen LogP contribution < -0.4 is 0 Å². The van der Waals surface area contributed by atoms with Crippen LogP contribution in [-0.4, -0.2) is 10.2 Å². The highest BCUT2D eigenvalue weighted by Gasteiger charge is 2.35. The van der Waals surface area contributed by atoms with E-state index in [0.29, 0.717) is 15.7 Å². The first kappa shape index (κ1) is 9.72. The monoisotopic (exact) mass is 238 g/mol. The molecule has 0 saturated carbocycles. The number of hydrogen-bond donors (Lipinski definition) is 1. The molecule has 0 unspecified atom stereocenters.